The van der Waals surface area contributed by atoms with Crippen molar-refractivity contribution in [3.05, 3.63) is 0 Å². The third-order valence-electron chi connectivity index (χ3n) is 3.61. The first kappa shape index (κ1) is 14.9. The van der Waals surface area contributed by atoms with Gasteiger partial charge in [-0.2, -0.15) is 0 Å². The molecule has 0 aromatic heterocycles. The average molecular weight is 245 g/mol. The molecule has 1 aliphatic heterocycles. The van der Waals surface area contributed by atoms with Crippen LogP contribution in [0.5, 0.6) is 0 Å². The first-order valence-corrected chi connectivity index (χ1v) is 6.70. The zero-order chi connectivity index (χ0) is 12.9. The maximum absolute atomic E-state index is 9.53. The van der Waals surface area contributed by atoms with Crippen LogP contribution in [0.4, 0.5) is 0 Å². The molecular weight excluding hydrogens is 218 g/mol. The molecular formula is C13H27NO3. The summed E-state index contributed by atoms with van der Waals surface area (Å²) in [6, 6.07) is 0. The van der Waals surface area contributed by atoms with Crippen molar-refractivity contribution < 1.29 is 14.6 Å². The lowest BCUT2D eigenvalue weighted by Crippen LogP contribution is -2.51. The largest absolute Gasteiger partial charge is 0.391 e. The Morgan fingerprint density at radius 3 is 2.76 bits per heavy atom. The van der Waals surface area contributed by atoms with Gasteiger partial charge in [0.2, 0.25) is 0 Å². The van der Waals surface area contributed by atoms with Crippen LogP contribution < -0.4 is 5.73 Å². The van der Waals surface area contributed by atoms with Crippen molar-refractivity contribution in [2.45, 2.75) is 70.4 Å². The minimum absolute atomic E-state index is 0.182. The van der Waals surface area contributed by atoms with Gasteiger partial charge in [-0.15, -0.1) is 0 Å². The van der Waals surface area contributed by atoms with Crippen molar-refractivity contribution in [3.63, 3.8) is 0 Å². The van der Waals surface area contributed by atoms with Gasteiger partial charge in [0.05, 0.1) is 23.9 Å². The molecule has 1 fully saturated rings. The fourth-order valence-electron chi connectivity index (χ4n) is 2.33. The Hall–Kier alpha value is -0.160. The first-order valence-electron chi connectivity index (χ1n) is 6.70. The van der Waals surface area contributed by atoms with E-state index >= 15 is 0 Å². The number of hydrogen-bond acceptors (Lipinski definition) is 4. The van der Waals surface area contributed by atoms with Gasteiger partial charge in [-0.25, -0.2) is 0 Å². The Bertz CT molecular complexity index is 221. The number of nitrogens with two attached hydrogens (primary N) is 1. The Labute approximate surface area is 104 Å². The second-order valence-electron chi connectivity index (χ2n) is 5.19. The molecule has 0 aromatic rings. The van der Waals surface area contributed by atoms with E-state index in [-0.39, 0.29) is 17.8 Å². The normalized spacial score (nSPS) is 33.4. The number of rotatable bonds is 6. The van der Waals surface area contributed by atoms with Gasteiger partial charge in [-0.05, 0) is 20.3 Å². The molecule has 1 heterocycles. The van der Waals surface area contributed by atoms with Crippen molar-refractivity contribution in [1.29, 1.82) is 0 Å². The third-order valence-corrected chi connectivity index (χ3v) is 3.61. The summed E-state index contributed by atoms with van der Waals surface area (Å²) < 4.78 is 11.7. The first-order chi connectivity index (χ1) is 8.03. The molecule has 4 nitrogen and oxygen atoms in total. The average Bonchev–Trinajstić information content (AvgIpc) is 2.29. The summed E-state index contributed by atoms with van der Waals surface area (Å²) in [7, 11) is 0. The summed E-state index contributed by atoms with van der Waals surface area (Å²) in [4.78, 5) is 0. The lowest BCUT2D eigenvalue weighted by Gasteiger charge is -2.42. The van der Waals surface area contributed by atoms with E-state index in [0.29, 0.717) is 13.2 Å². The molecule has 1 rings (SSSR count). The van der Waals surface area contributed by atoms with Gasteiger partial charge < -0.3 is 20.3 Å². The van der Waals surface area contributed by atoms with Gasteiger partial charge in [0, 0.05) is 26.0 Å². The minimum atomic E-state index is -0.467. The molecule has 17 heavy (non-hydrogen) atoms. The van der Waals surface area contributed by atoms with E-state index in [1.807, 2.05) is 6.92 Å². The summed E-state index contributed by atoms with van der Waals surface area (Å²) in [5.41, 5.74) is 5.57. The van der Waals surface area contributed by atoms with Crippen molar-refractivity contribution in [2.75, 3.05) is 13.2 Å². The summed E-state index contributed by atoms with van der Waals surface area (Å²) in [6.45, 7) is 6.99. The number of ether oxygens (including phenoxy) is 2. The van der Waals surface area contributed by atoms with Crippen LogP contribution in [0.2, 0.25) is 0 Å². The molecule has 3 N–H and O–H groups in total. The van der Waals surface area contributed by atoms with E-state index in [2.05, 4.69) is 6.92 Å². The molecule has 4 atom stereocenters. The van der Waals surface area contributed by atoms with Crippen LogP contribution in [-0.4, -0.2) is 42.2 Å². The van der Waals surface area contributed by atoms with E-state index < -0.39 is 6.10 Å². The molecule has 0 amide bonds. The summed E-state index contributed by atoms with van der Waals surface area (Å²) in [5.74, 6) is 0. The maximum Gasteiger partial charge on any atom is 0.0855 e. The number of aliphatic hydroxyl groups excluding tert-OH is 1. The smallest absolute Gasteiger partial charge is 0.0855 e. The standard InChI is InChI=1S/C13H27NO3/c1-4-5-12-8-13(9-14,6-7-16-12)17-11(3)10(2)15/h10-12,15H,4-9,14H2,1-3H3. The Morgan fingerprint density at radius 2 is 2.24 bits per heavy atom. The quantitative estimate of drug-likeness (QED) is 0.743. The summed E-state index contributed by atoms with van der Waals surface area (Å²) >= 11 is 0. The van der Waals surface area contributed by atoms with Crippen molar-refractivity contribution in [2.24, 2.45) is 5.73 Å². The van der Waals surface area contributed by atoms with Gasteiger partial charge in [0.1, 0.15) is 0 Å². The van der Waals surface area contributed by atoms with Gasteiger partial charge in [0.15, 0.2) is 0 Å². The maximum atomic E-state index is 9.53. The number of aliphatic hydroxyl groups is 1. The second kappa shape index (κ2) is 6.69. The molecule has 0 radical (unpaired) electrons. The molecule has 4 heteroatoms. The highest BCUT2D eigenvalue weighted by Gasteiger charge is 2.38. The molecule has 0 saturated carbocycles. The van der Waals surface area contributed by atoms with Crippen LogP contribution >= 0.6 is 0 Å². The van der Waals surface area contributed by atoms with Crippen molar-refractivity contribution in [1.82, 2.24) is 0 Å². The summed E-state index contributed by atoms with van der Waals surface area (Å²) in [6.07, 6.45) is 3.42. The van der Waals surface area contributed by atoms with Crippen LogP contribution in [0.25, 0.3) is 0 Å². The highest BCUT2D eigenvalue weighted by molar-refractivity contribution is 4.89. The fraction of sp³-hybridized carbons (Fsp3) is 1.00. The fourth-order valence-corrected chi connectivity index (χ4v) is 2.33. The predicted octanol–water partition coefficient (Wildman–Crippen LogP) is 1.45. The van der Waals surface area contributed by atoms with E-state index in [4.69, 9.17) is 15.2 Å². The second-order valence-corrected chi connectivity index (χ2v) is 5.19. The van der Waals surface area contributed by atoms with E-state index in [0.717, 1.165) is 25.7 Å². The monoisotopic (exact) mass is 245 g/mol. The van der Waals surface area contributed by atoms with Crippen LogP contribution in [0.1, 0.15) is 46.5 Å². The SMILES string of the molecule is CCCC1CC(CN)(OC(C)C(C)O)CCO1. The van der Waals surface area contributed by atoms with Gasteiger partial charge in [-0.3, -0.25) is 0 Å². The predicted molar refractivity (Wildman–Crippen MR) is 67.9 cm³/mol. The minimum Gasteiger partial charge on any atom is -0.391 e. The van der Waals surface area contributed by atoms with Crippen LogP contribution in [0.3, 0.4) is 0 Å². The molecule has 102 valence electrons. The Balaban J connectivity index is 2.60. The number of hydrogen-bond donors (Lipinski definition) is 2. The highest BCUT2D eigenvalue weighted by Crippen LogP contribution is 2.31. The van der Waals surface area contributed by atoms with Crippen molar-refractivity contribution in [3.8, 4) is 0 Å². The summed E-state index contributed by atoms with van der Waals surface area (Å²) in [5, 5.41) is 9.53. The lowest BCUT2D eigenvalue weighted by atomic mass is 9.88. The van der Waals surface area contributed by atoms with E-state index in [9.17, 15) is 5.11 Å². The van der Waals surface area contributed by atoms with E-state index in [1.54, 1.807) is 6.92 Å². The van der Waals surface area contributed by atoms with Gasteiger partial charge >= 0.3 is 0 Å². The molecule has 0 aliphatic carbocycles. The van der Waals surface area contributed by atoms with Gasteiger partial charge in [0.25, 0.3) is 0 Å². The Morgan fingerprint density at radius 1 is 1.53 bits per heavy atom. The molecule has 4 unspecified atom stereocenters. The van der Waals surface area contributed by atoms with Gasteiger partial charge in [-0.1, -0.05) is 13.3 Å². The van der Waals surface area contributed by atoms with Crippen LogP contribution in [0, 0.1) is 0 Å². The third kappa shape index (κ3) is 4.21. The topological polar surface area (TPSA) is 64.7 Å². The highest BCUT2D eigenvalue weighted by atomic mass is 16.5. The molecule has 0 aromatic carbocycles. The molecule has 1 aliphatic rings. The Kier molecular flexibility index (Phi) is 5.86. The zero-order valence-corrected chi connectivity index (χ0v) is 11.3. The molecule has 0 spiro atoms. The van der Waals surface area contributed by atoms with E-state index in [1.165, 1.54) is 0 Å². The lowest BCUT2D eigenvalue weighted by molar-refractivity contribution is -0.174. The van der Waals surface area contributed by atoms with Crippen LogP contribution in [-0.2, 0) is 9.47 Å². The molecule has 0 bridgehead atoms. The van der Waals surface area contributed by atoms with Crippen LogP contribution in [0.15, 0.2) is 0 Å². The zero-order valence-electron chi connectivity index (χ0n) is 11.3. The van der Waals surface area contributed by atoms with Crippen molar-refractivity contribution >= 4 is 0 Å². The molecule has 1 saturated heterocycles.